The number of hydrogen-bond acceptors (Lipinski definition) is 3. The molecule has 110 valence electrons. The molecule has 0 unspecified atom stereocenters. The number of nitrogens with one attached hydrogen (secondary N) is 1. The van der Waals surface area contributed by atoms with Crippen molar-refractivity contribution in [3.05, 3.63) is 52.1 Å². The van der Waals surface area contributed by atoms with Crippen LogP contribution in [-0.2, 0) is 6.54 Å². The molecule has 0 radical (unpaired) electrons. The van der Waals surface area contributed by atoms with Crippen molar-refractivity contribution >= 4 is 27.4 Å². The molecule has 1 fully saturated rings. The van der Waals surface area contributed by atoms with Gasteiger partial charge in [-0.05, 0) is 49.1 Å². The third-order valence-electron chi connectivity index (χ3n) is 3.87. The van der Waals surface area contributed by atoms with Gasteiger partial charge >= 0.3 is 0 Å². The van der Waals surface area contributed by atoms with Crippen molar-refractivity contribution < 1.29 is 0 Å². The van der Waals surface area contributed by atoms with E-state index in [4.69, 9.17) is 0 Å². The summed E-state index contributed by atoms with van der Waals surface area (Å²) in [6.45, 7) is 5.13. The summed E-state index contributed by atoms with van der Waals surface area (Å²) in [6, 6.07) is 10.6. The van der Waals surface area contributed by atoms with E-state index in [1.165, 1.54) is 24.0 Å². The molecule has 1 saturated heterocycles. The summed E-state index contributed by atoms with van der Waals surface area (Å²) in [7, 11) is 0. The summed E-state index contributed by atoms with van der Waals surface area (Å²) in [5, 5.41) is 3.53. The van der Waals surface area contributed by atoms with Crippen LogP contribution < -0.4 is 10.2 Å². The maximum absolute atomic E-state index is 4.56. The number of aromatic nitrogens is 1. The van der Waals surface area contributed by atoms with E-state index in [9.17, 15) is 0 Å². The van der Waals surface area contributed by atoms with Gasteiger partial charge in [-0.1, -0.05) is 28.1 Å². The van der Waals surface area contributed by atoms with Gasteiger partial charge in [0, 0.05) is 30.3 Å². The average molecular weight is 346 g/mol. The van der Waals surface area contributed by atoms with Crippen LogP contribution in [0.25, 0.3) is 0 Å². The van der Waals surface area contributed by atoms with Crippen LogP contribution in [0.3, 0.4) is 0 Å². The molecule has 1 aliphatic rings. The highest BCUT2D eigenvalue weighted by atomic mass is 79.9. The van der Waals surface area contributed by atoms with Crippen molar-refractivity contribution in [2.24, 2.45) is 0 Å². The highest BCUT2D eigenvalue weighted by Crippen LogP contribution is 2.27. The number of anilines is 2. The molecular formula is C17H20BrN3. The van der Waals surface area contributed by atoms with Crippen molar-refractivity contribution in [3.63, 3.8) is 0 Å². The predicted molar refractivity (Wildman–Crippen MR) is 91.9 cm³/mol. The molecule has 1 aromatic heterocycles. The van der Waals surface area contributed by atoms with E-state index < -0.39 is 0 Å². The van der Waals surface area contributed by atoms with Gasteiger partial charge in [0.05, 0.1) is 5.69 Å². The fourth-order valence-electron chi connectivity index (χ4n) is 2.70. The van der Waals surface area contributed by atoms with Gasteiger partial charge in [-0.15, -0.1) is 0 Å². The van der Waals surface area contributed by atoms with Crippen LogP contribution >= 0.6 is 15.9 Å². The lowest BCUT2D eigenvalue weighted by atomic mass is 10.1. The van der Waals surface area contributed by atoms with Gasteiger partial charge in [0.1, 0.15) is 0 Å². The van der Waals surface area contributed by atoms with E-state index in [1.807, 2.05) is 12.3 Å². The molecule has 3 rings (SSSR count). The number of benzene rings is 1. The Balaban J connectivity index is 1.75. The van der Waals surface area contributed by atoms with Gasteiger partial charge in [0.2, 0.25) is 0 Å². The molecule has 0 aliphatic carbocycles. The van der Waals surface area contributed by atoms with Crippen LogP contribution in [0.1, 0.15) is 24.0 Å². The van der Waals surface area contributed by atoms with Crippen LogP contribution in [-0.4, -0.2) is 18.1 Å². The predicted octanol–water partition coefficient (Wildman–Crippen LogP) is 4.36. The molecule has 3 nitrogen and oxygen atoms in total. The molecule has 0 amide bonds. The first-order chi connectivity index (χ1) is 10.2. The summed E-state index contributed by atoms with van der Waals surface area (Å²) in [5.41, 5.74) is 3.65. The molecule has 0 bridgehead atoms. The zero-order valence-electron chi connectivity index (χ0n) is 12.3. The lowest BCUT2D eigenvalue weighted by molar-refractivity contribution is 0.934. The number of hydrogen-bond donors (Lipinski definition) is 1. The Morgan fingerprint density at radius 3 is 2.81 bits per heavy atom. The van der Waals surface area contributed by atoms with Crippen LogP contribution in [0, 0.1) is 6.92 Å². The quantitative estimate of drug-likeness (QED) is 0.891. The smallest absolute Gasteiger partial charge is 0.151 e. The van der Waals surface area contributed by atoms with Gasteiger partial charge in [-0.25, -0.2) is 4.98 Å². The molecule has 0 atom stereocenters. The Labute approximate surface area is 134 Å². The molecule has 1 N–H and O–H groups in total. The summed E-state index contributed by atoms with van der Waals surface area (Å²) < 4.78 is 1.15. The van der Waals surface area contributed by atoms with Crippen molar-refractivity contribution in [2.75, 3.05) is 23.3 Å². The number of pyridine rings is 1. The Bertz CT molecular complexity index is 621. The molecule has 4 heteroatoms. The topological polar surface area (TPSA) is 28.2 Å². The minimum Gasteiger partial charge on any atom is -0.378 e. The number of rotatable bonds is 4. The van der Waals surface area contributed by atoms with Gasteiger partial charge in [0.15, 0.2) is 5.82 Å². The van der Waals surface area contributed by atoms with E-state index in [0.717, 1.165) is 35.6 Å². The highest BCUT2D eigenvalue weighted by Gasteiger charge is 2.16. The summed E-state index contributed by atoms with van der Waals surface area (Å²) in [4.78, 5) is 6.93. The van der Waals surface area contributed by atoms with E-state index in [1.54, 1.807) is 0 Å². The fraction of sp³-hybridized carbons (Fsp3) is 0.353. The van der Waals surface area contributed by atoms with Gasteiger partial charge in [0.25, 0.3) is 0 Å². The van der Waals surface area contributed by atoms with E-state index in [0.29, 0.717) is 0 Å². The van der Waals surface area contributed by atoms with Crippen molar-refractivity contribution in [2.45, 2.75) is 26.3 Å². The molecule has 1 aliphatic heterocycles. The first-order valence-corrected chi connectivity index (χ1v) is 8.22. The lowest BCUT2D eigenvalue weighted by Crippen LogP contribution is -2.20. The standard InChI is InChI=1S/C17H20BrN3/c1-13-6-7-14(15(18)11-13)12-20-16-5-4-8-19-17(16)21-9-2-3-10-21/h4-8,11,20H,2-3,9-10,12H2,1H3. The van der Waals surface area contributed by atoms with E-state index in [2.05, 4.69) is 62.3 Å². The Hall–Kier alpha value is -1.55. The maximum atomic E-state index is 4.56. The SMILES string of the molecule is Cc1ccc(CNc2cccnc2N2CCCC2)c(Br)c1. The van der Waals surface area contributed by atoms with Crippen LogP contribution in [0.2, 0.25) is 0 Å². The minimum absolute atomic E-state index is 0.799. The second-order valence-corrected chi connectivity index (χ2v) is 6.37. The molecule has 0 spiro atoms. The van der Waals surface area contributed by atoms with Gasteiger partial charge in [-0.3, -0.25) is 0 Å². The summed E-state index contributed by atoms with van der Waals surface area (Å²) in [5.74, 6) is 1.08. The first kappa shape index (κ1) is 14.4. The molecule has 2 aromatic rings. The third-order valence-corrected chi connectivity index (χ3v) is 4.61. The fourth-order valence-corrected chi connectivity index (χ4v) is 3.34. The number of halogens is 1. The van der Waals surface area contributed by atoms with Crippen LogP contribution in [0.15, 0.2) is 41.0 Å². The largest absolute Gasteiger partial charge is 0.378 e. The van der Waals surface area contributed by atoms with Crippen LogP contribution in [0.5, 0.6) is 0 Å². The number of nitrogens with zero attached hydrogens (tertiary/aromatic N) is 2. The van der Waals surface area contributed by atoms with Crippen molar-refractivity contribution in [1.82, 2.24) is 4.98 Å². The summed E-state index contributed by atoms with van der Waals surface area (Å²) >= 11 is 3.64. The third kappa shape index (κ3) is 3.38. The zero-order valence-corrected chi connectivity index (χ0v) is 13.9. The second kappa shape index (κ2) is 6.48. The van der Waals surface area contributed by atoms with Crippen molar-refractivity contribution in [1.29, 1.82) is 0 Å². The van der Waals surface area contributed by atoms with Crippen LogP contribution in [0.4, 0.5) is 11.5 Å². The second-order valence-electron chi connectivity index (χ2n) is 5.52. The molecule has 1 aromatic carbocycles. The molecule has 2 heterocycles. The van der Waals surface area contributed by atoms with Crippen molar-refractivity contribution in [3.8, 4) is 0 Å². The first-order valence-electron chi connectivity index (χ1n) is 7.43. The maximum Gasteiger partial charge on any atom is 0.151 e. The van der Waals surface area contributed by atoms with E-state index >= 15 is 0 Å². The Morgan fingerprint density at radius 1 is 1.24 bits per heavy atom. The number of aryl methyl sites for hydroxylation is 1. The van der Waals surface area contributed by atoms with Gasteiger partial charge in [-0.2, -0.15) is 0 Å². The summed E-state index contributed by atoms with van der Waals surface area (Å²) in [6.07, 6.45) is 4.40. The highest BCUT2D eigenvalue weighted by molar-refractivity contribution is 9.10. The van der Waals surface area contributed by atoms with E-state index in [-0.39, 0.29) is 0 Å². The zero-order chi connectivity index (χ0) is 14.7. The normalized spacial score (nSPS) is 14.5. The van der Waals surface area contributed by atoms with Gasteiger partial charge < -0.3 is 10.2 Å². The average Bonchev–Trinajstić information content (AvgIpc) is 3.01. The Kier molecular flexibility index (Phi) is 4.44. The Morgan fingerprint density at radius 2 is 2.05 bits per heavy atom. The molecule has 21 heavy (non-hydrogen) atoms. The molecular weight excluding hydrogens is 326 g/mol. The minimum atomic E-state index is 0.799. The molecule has 0 saturated carbocycles. The lowest BCUT2D eigenvalue weighted by Gasteiger charge is -2.20. The monoisotopic (exact) mass is 345 g/mol.